The van der Waals surface area contributed by atoms with Gasteiger partial charge in [-0.15, -0.1) is 11.3 Å². The Morgan fingerprint density at radius 3 is 2.60 bits per heavy atom. The molecule has 2 rings (SSSR count). The summed E-state index contributed by atoms with van der Waals surface area (Å²) in [5.41, 5.74) is 0.00872. The van der Waals surface area contributed by atoms with Gasteiger partial charge < -0.3 is 13.9 Å². The predicted octanol–water partition coefficient (Wildman–Crippen LogP) is 4.47. The lowest BCUT2D eigenvalue weighted by Crippen LogP contribution is -2.07. The minimum atomic E-state index is -0.544. The lowest BCUT2D eigenvalue weighted by atomic mass is 10.1. The lowest BCUT2D eigenvalue weighted by Gasteiger charge is -2.04. The van der Waals surface area contributed by atoms with Gasteiger partial charge in [0.2, 0.25) is 0 Å². The van der Waals surface area contributed by atoms with Crippen LogP contribution in [0.1, 0.15) is 67.6 Å². The van der Waals surface area contributed by atoms with E-state index in [1.54, 1.807) is 13.8 Å². The van der Waals surface area contributed by atoms with Crippen molar-refractivity contribution in [2.24, 2.45) is 0 Å². The van der Waals surface area contributed by atoms with Crippen molar-refractivity contribution in [2.45, 2.75) is 59.3 Å². The van der Waals surface area contributed by atoms with E-state index in [-0.39, 0.29) is 6.08 Å². The Balaban J connectivity index is 2.00. The molecule has 138 valence electrons. The molecule has 0 unspecified atom stereocenters. The fourth-order valence-corrected chi connectivity index (χ4v) is 3.60. The van der Waals surface area contributed by atoms with Crippen LogP contribution in [0.3, 0.4) is 0 Å². The van der Waals surface area contributed by atoms with Crippen molar-refractivity contribution in [1.29, 1.82) is 0 Å². The lowest BCUT2D eigenvalue weighted by molar-refractivity contribution is 0.0503. The maximum atomic E-state index is 12.3. The predicted molar refractivity (Wildman–Crippen MR) is 97.7 cm³/mol. The summed E-state index contributed by atoms with van der Waals surface area (Å²) in [5.74, 6) is -0.411. The molecule has 0 saturated heterocycles. The molecule has 0 aliphatic carbocycles. The van der Waals surface area contributed by atoms with E-state index in [1.165, 1.54) is 25.7 Å². The topological polar surface area (TPSA) is 78.6 Å². The average Bonchev–Trinajstić information content (AvgIpc) is 2.91. The second-order valence-electron chi connectivity index (χ2n) is 5.84. The summed E-state index contributed by atoms with van der Waals surface area (Å²) in [6.45, 7) is 6.40. The maximum absolute atomic E-state index is 12.3. The Morgan fingerprint density at radius 2 is 1.88 bits per heavy atom. The third-order valence-corrected chi connectivity index (χ3v) is 5.06. The van der Waals surface area contributed by atoms with Crippen molar-refractivity contribution in [2.75, 3.05) is 13.2 Å². The Morgan fingerprint density at radius 1 is 1.16 bits per heavy atom. The van der Waals surface area contributed by atoms with E-state index in [4.69, 9.17) is 13.9 Å². The quantitative estimate of drug-likeness (QED) is 0.455. The van der Waals surface area contributed by atoms with E-state index in [0.717, 1.165) is 24.2 Å². The SMILES string of the molecule is CCCCCCCCOC(=O)c1sc2nc(OCC)oc(=O)c2c1C. The number of carbonyl (C=O) groups is 1. The largest absolute Gasteiger partial charge is 0.462 e. The number of fused-ring (bicyclic) bond motifs is 1. The van der Waals surface area contributed by atoms with Gasteiger partial charge >= 0.3 is 17.7 Å². The Labute approximate surface area is 151 Å². The molecule has 0 aliphatic heterocycles. The highest BCUT2D eigenvalue weighted by molar-refractivity contribution is 7.20. The molecule has 0 fully saturated rings. The molecule has 0 N–H and O–H groups in total. The summed E-state index contributed by atoms with van der Waals surface area (Å²) >= 11 is 1.14. The van der Waals surface area contributed by atoms with E-state index in [0.29, 0.717) is 33.9 Å². The highest BCUT2D eigenvalue weighted by atomic mass is 32.1. The first-order valence-corrected chi connectivity index (χ1v) is 9.64. The van der Waals surface area contributed by atoms with Gasteiger partial charge in [-0.25, -0.2) is 9.59 Å². The number of aryl methyl sites for hydroxylation is 1. The van der Waals surface area contributed by atoms with Crippen molar-refractivity contribution in [3.05, 3.63) is 20.9 Å². The van der Waals surface area contributed by atoms with Crippen LogP contribution in [-0.4, -0.2) is 24.2 Å². The van der Waals surface area contributed by atoms with Crippen LogP contribution >= 0.6 is 11.3 Å². The van der Waals surface area contributed by atoms with Gasteiger partial charge in [-0.2, -0.15) is 4.98 Å². The maximum Gasteiger partial charge on any atom is 0.397 e. The van der Waals surface area contributed by atoms with E-state index >= 15 is 0 Å². The second kappa shape index (κ2) is 9.56. The van der Waals surface area contributed by atoms with Crippen LogP contribution in [0.25, 0.3) is 10.2 Å². The van der Waals surface area contributed by atoms with E-state index in [2.05, 4.69) is 11.9 Å². The molecule has 0 atom stereocenters. The van der Waals surface area contributed by atoms with Crippen LogP contribution < -0.4 is 10.4 Å². The highest BCUT2D eigenvalue weighted by Crippen LogP contribution is 2.29. The Bertz CT molecular complexity index is 765. The standard InChI is InChI=1S/C18H25NO5S/c1-4-6-7-8-9-10-11-23-17(21)14-12(3)13-15(25-14)19-18(22-5-2)24-16(13)20/h4-11H2,1-3H3. The summed E-state index contributed by atoms with van der Waals surface area (Å²) in [6.07, 6.45) is 6.69. The van der Waals surface area contributed by atoms with Gasteiger partial charge in [0.15, 0.2) is 0 Å². The van der Waals surface area contributed by atoms with Gasteiger partial charge in [0.1, 0.15) is 15.1 Å². The van der Waals surface area contributed by atoms with Gasteiger partial charge in [0.25, 0.3) is 0 Å². The van der Waals surface area contributed by atoms with Crippen LogP contribution in [0.15, 0.2) is 9.21 Å². The molecule has 6 nitrogen and oxygen atoms in total. The molecule has 0 bridgehead atoms. The number of rotatable bonds is 10. The number of unbranched alkanes of at least 4 members (excludes halogenated alkanes) is 5. The van der Waals surface area contributed by atoms with Crippen molar-refractivity contribution in [3.63, 3.8) is 0 Å². The Kier molecular flexibility index (Phi) is 7.43. The third kappa shape index (κ3) is 5.04. The van der Waals surface area contributed by atoms with Crippen molar-refractivity contribution < 1.29 is 18.7 Å². The molecule has 7 heteroatoms. The molecule has 0 amide bonds. The number of aromatic nitrogens is 1. The van der Waals surface area contributed by atoms with Crippen molar-refractivity contribution in [1.82, 2.24) is 4.98 Å². The summed E-state index contributed by atoms with van der Waals surface area (Å²) in [5, 5.41) is 0.319. The number of carbonyl (C=O) groups excluding carboxylic acids is 1. The van der Waals surface area contributed by atoms with Crippen LogP contribution in [0.2, 0.25) is 0 Å². The molecular formula is C18H25NO5S. The number of nitrogens with zero attached hydrogens (tertiary/aromatic N) is 1. The monoisotopic (exact) mass is 367 g/mol. The summed E-state index contributed by atoms with van der Waals surface area (Å²) in [4.78, 5) is 29.4. The average molecular weight is 367 g/mol. The van der Waals surface area contributed by atoms with E-state index in [1.807, 2.05) is 0 Å². The smallest absolute Gasteiger partial charge is 0.397 e. The van der Waals surface area contributed by atoms with Gasteiger partial charge in [-0.3, -0.25) is 0 Å². The molecule has 0 aromatic carbocycles. The number of ether oxygens (including phenoxy) is 2. The zero-order chi connectivity index (χ0) is 18.2. The zero-order valence-corrected chi connectivity index (χ0v) is 15.9. The van der Waals surface area contributed by atoms with Crippen molar-refractivity contribution in [3.8, 4) is 6.08 Å². The fraction of sp³-hybridized carbons (Fsp3) is 0.611. The highest BCUT2D eigenvalue weighted by Gasteiger charge is 2.21. The first-order chi connectivity index (χ1) is 12.1. The van der Waals surface area contributed by atoms with Gasteiger partial charge in [-0.05, 0) is 25.8 Å². The zero-order valence-electron chi connectivity index (χ0n) is 15.1. The molecule has 0 spiro atoms. The molecule has 0 aliphatic rings. The number of hydrogen-bond acceptors (Lipinski definition) is 7. The molecule has 0 radical (unpaired) electrons. The van der Waals surface area contributed by atoms with E-state index < -0.39 is 11.6 Å². The normalized spacial score (nSPS) is 11.0. The van der Waals surface area contributed by atoms with Gasteiger partial charge in [0, 0.05) is 0 Å². The number of esters is 1. The summed E-state index contributed by atoms with van der Waals surface area (Å²) < 4.78 is 15.5. The molecule has 2 aromatic heterocycles. The van der Waals surface area contributed by atoms with Gasteiger partial charge in [-0.1, -0.05) is 39.0 Å². The Hall–Kier alpha value is -1.89. The molecule has 25 heavy (non-hydrogen) atoms. The minimum Gasteiger partial charge on any atom is -0.462 e. The first-order valence-electron chi connectivity index (χ1n) is 8.82. The third-order valence-electron chi connectivity index (χ3n) is 3.89. The minimum absolute atomic E-state index is 0.0757. The second-order valence-corrected chi connectivity index (χ2v) is 6.84. The van der Waals surface area contributed by atoms with Crippen LogP contribution in [-0.2, 0) is 4.74 Å². The number of thiophene rings is 1. The molecular weight excluding hydrogens is 342 g/mol. The fourth-order valence-electron chi connectivity index (χ4n) is 2.55. The van der Waals surface area contributed by atoms with Gasteiger partial charge in [0.05, 0.1) is 13.2 Å². The van der Waals surface area contributed by atoms with E-state index in [9.17, 15) is 9.59 Å². The number of hydrogen-bond donors (Lipinski definition) is 0. The molecule has 2 heterocycles. The van der Waals surface area contributed by atoms with Crippen LogP contribution in [0.5, 0.6) is 6.08 Å². The van der Waals surface area contributed by atoms with Crippen LogP contribution in [0.4, 0.5) is 0 Å². The molecule has 2 aromatic rings. The molecule has 0 saturated carbocycles. The van der Waals surface area contributed by atoms with Crippen molar-refractivity contribution >= 4 is 27.5 Å². The summed E-state index contributed by atoms with van der Waals surface area (Å²) in [7, 11) is 0. The van der Waals surface area contributed by atoms with Crippen LogP contribution in [0, 0.1) is 6.92 Å². The summed E-state index contributed by atoms with van der Waals surface area (Å²) in [6, 6.07) is 0. The first kappa shape index (κ1) is 19.4.